The van der Waals surface area contributed by atoms with E-state index in [4.69, 9.17) is 16.7 Å². The smallest absolute Gasteiger partial charge is 0.337 e. The second-order valence-corrected chi connectivity index (χ2v) is 5.19. The number of carboxylic acid groups (broad SMARTS) is 1. The number of aryl methyl sites for hydroxylation is 1. The molecule has 1 aromatic carbocycles. The van der Waals surface area contributed by atoms with Crippen LogP contribution in [0.25, 0.3) is 0 Å². The molecule has 21 heavy (non-hydrogen) atoms. The second-order valence-electron chi connectivity index (χ2n) is 4.78. The first-order valence-electron chi connectivity index (χ1n) is 6.85. The Bertz CT molecular complexity index is 627. The summed E-state index contributed by atoms with van der Waals surface area (Å²) in [4.78, 5) is 15.1. The van der Waals surface area contributed by atoms with Crippen LogP contribution in [0.3, 0.4) is 0 Å². The zero-order valence-corrected chi connectivity index (χ0v) is 12.5. The van der Waals surface area contributed by atoms with Crippen molar-refractivity contribution in [3.05, 3.63) is 52.7 Å². The third-order valence-corrected chi connectivity index (χ3v) is 3.43. The molecule has 1 aromatic heterocycles. The van der Waals surface area contributed by atoms with E-state index in [0.29, 0.717) is 5.82 Å². The summed E-state index contributed by atoms with van der Waals surface area (Å²) >= 11 is 5.79. The Labute approximate surface area is 128 Å². The maximum absolute atomic E-state index is 11.0. The number of carboxylic acids is 1. The summed E-state index contributed by atoms with van der Waals surface area (Å²) in [5, 5.41) is 12.2. The molecule has 0 atom stereocenters. The van der Waals surface area contributed by atoms with Gasteiger partial charge in [0, 0.05) is 11.9 Å². The van der Waals surface area contributed by atoms with Crippen molar-refractivity contribution in [3.63, 3.8) is 0 Å². The lowest BCUT2D eigenvalue weighted by Crippen LogP contribution is -2.01. The Morgan fingerprint density at radius 3 is 2.67 bits per heavy atom. The highest BCUT2D eigenvalue weighted by atomic mass is 35.5. The minimum atomic E-state index is -1.07. The molecule has 5 heteroatoms. The molecule has 0 fully saturated rings. The average molecular weight is 305 g/mol. The van der Waals surface area contributed by atoms with Crippen LogP contribution in [0.4, 0.5) is 11.5 Å². The monoisotopic (exact) mass is 304 g/mol. The molecule has 0 bridgehead atoms. The van der Waals surface area contributed by atoms with E-state index < -0.39 is 5.97 Å². The lowest BCUT2D eigenvalue weighted by molar-refractivity contribution is 0.0697. The van der Waals surface area contributed by atoms with Gasteiger partial charge in [-0.15, -0.1) is 0 Å². The fraction of sp³-hybridized carbons (Fsp3) is 0.250. The predicted octanol–water partition coefficient (Wildman–Crippen LogP) is 4.52. The zero-order valence-electron chi connectivity index (χ0n) is 11.8. The summed E-state index contributed by atoms with van der Waals surface area (Å²) in [6.07, 6.45) is 4.75. The average Bonchev–Trinajstić information content (AvgIpc) is 2.48. The fourth-order valence-corrected chi connectivity index (χ4v) is 2.14. The van der Waals surface area contributed by atoms with Crippen LogP contribution in [0.15, 0.2) is 36.5 Å². The molecule has 2 rings (SSSR count). The highest BCUT2D eigenvalue weighted by Crippen LogP contribution is 2.21. The number of aromatic carboxylic acids is 1. The summed E-state index contributed by atoms with van der Waals surface area (Å²) in [5.41, 5.74) is 2.19. The Hall–Kier alpha value is -2.07. The number of hydrogen-bond donors (Lipinski definition) is 2. The number of pyridine rings is 1. The van der Waals surface area contributed by atoms with E-state index in [1.54, 1.807) is 0 Å². The fourth-order valence-electron chi connectivity index (χ4n) is 1.95. The molecule has 2 aromatic rings. The molecule has 0 saturated carbocycles. The first-order valence-corrected chi connectivity index (χ1v) is 7.22. The van der Waals surface area contributed by atoms with Gasteiger partial charge in [0.15, 0.2) is 0 Å². The molecule has 4 nitrogen and oxygen atoms in total. The third kappa shape index (κ3) is 4.20. The Balaban J connectivity index is 2.11. The molecule has 0 unspecified atom stereocenters. The van der Waals surface area contributed by atoms with Crippen LogP contribution >= 0.6 is 11.6 Å². The van der Waals surface area contributed by atoms with Gasteiger partial charge in [-0.05, 0) is 36.6 Å². The van der Waals surface area contributed by atoms with Crippen LogP contribution < -0.4 is 5.32 Å². The van der Waals surface area contributed by atoms with Gasteiger partial charge in [0.05, 0.1) is 10.6 Å². The number of nitrogens with zero attached hydrogens (tertiary/aromatic N) is 1. The van der Waals surface area contributed by atoms with Crippen molar-refractivity contribution >= 4 is 29.1 Å². The second kappa shape index (κ2) is 7.09. The van der Waals surface area contributed by atoms with Crippen molar-refractivity contribution in [2.75, 3.05) is 5.32 Å². The van der Waals surface area contributed by atoms with Gasteiger partial charge in [-0.25, -0.2) is 9.78 Å². The lowest BCUT2D eigenvalue weighted by Gasteiger charge is -2.08. The number of anilines is 2. The highest BCUT2D eigenvalue weighted by Gasteiger charge is 2.10. The minimum absolute atomic E-state index is 0.0359. The molecule has 0 spiro atoms. The van der Waals surface area contributed by atoms with Crippen molar-refractivity contribution < 1.29 is 9.90 Å². The summed E-state index contributed by atoms with van der Waals surface area (Å²) in [5.74, 6) is -0.613. The number of carbonyl (C=O) groups is 1. The molecule has 0 amide bonds. The number of hydrogen-bond acceptors (Lipinski definition) is 3. The predicted molar refractivity (Wildman–Crippen MR) is 84.5 cm³/mol. The van der Waals surface area contributed by atoms with Crippen LogP contribution in [-0.2, 0) is 6.42 Å². The van der Waals surface area contributed by atoms with Crippen molar-refractivity contribution in [2.24, 2.45) is 0 Å². The maximum Gasteiger partial charge on any atom is 0.337 e. The first kappa shape index (κ1) is 15.3. The number of nitrogens with one attached hydrogen (secondary N) is 1. The van der Waals surface area contributed by atoms with E-state index in [1.807, 2.05) is 12.1 Å². The summed E-state index contributed by atoms with van der Waals surface area (Å²) in [6, 6.07) is 9.47. The van der Waals surface area contributed by atoms with Gasteiger partial charge in [0.25, 0.3) is 0 Å². The Kier molecular flexibility index (Phi) is 5.17. The standard InChI is InChI=1S/C16H17ClN2O2/c1-2-3-4-11-5-7-12(8-6-11)19-15-9-13(16(20)21)14(17)10-18-15/h5-10H,2-4H2,1H3,(H,18,19)(H,20,21). The molecule has 0 radical (unpaired) electrons. The van der Waals surface area contributed by atoms with E-state index in [-0.39, 0.29) is 10.6 Å². The molecule has 0 aliphatic carbocycles. The van der Waals surface area contributed by atoms with Crippen molar-refractivity contribution in [3.8, 4) is 0 Å². The van der Waals surface area contributed by atoms with Crippen LogP contribution in [0.1, 0.15) is 35.7 Å². The normalized spacial score (nSPS) is 10.4. The third-order valence-electron chi connectivity index (χ3n) is 3.13. The molecule has 110 valence electrons. The van der Waals surface area contributed by atoms with Gasteiger partial charge in [-0.2, -0.15) is 0 Å². The maximum atomic E-state index is 11.0. The van der Waals surface area contributed by atoms with Gasteiger partial charge in [0.2, 0.25) is 0 Å². The number of aromatic nitrogens is 1. The van der Waals surface area contributed by atoms with Crippen molar-refractivity contribution in [2.45, 2.75) is 26.2 Å². The van der Waals surface area contributed by atoms with E-state index >= 15 is 0 Å². The molecule has 1 heterocycles. The molecular weight excluding hydrogens is 288 g/mol. The minimum Gasteiger partial charge on any atom is -0.478 e. The largest absolute Gasteiger partial charge is 0.478 e. The quantitative estimate of drug-likeness (QED) is 0.823. The Morgan fingerprint density at radius 2 is 2.05 bits per heavy atom. The van der Waals surface area contributed by atoms with Crippen LogP contribution in [0.5, 0.6) is 0 Å². The number of rotatable bonds is 6. The van der Waals surface area contributed by atoms with Gasteiger partial charge in [-0.3, -0.25) is 0 Å². The topological polar surface area (TPSA) is 62.2 Å². The van der Waals surface area contributed by atoms with Crippen LogP contribution in [0.2, 0.25) is 5.02 Å². The number of unbranched alkanes of at least 4 members (excludes halogenated alkanes) is 1. The van der Waals surface area contributed by atoms with Gasteiger partial charge in [-0.1, -0.05) is 37.1 Å². The number of halogens is 1. The number of benzene rings is 1. The molecule has 0 saturated heterocycles. The van der Waals surface area contributed by atoms with Crippen LogP contribution in [0, 0.1) is 0 Å². The van der Waals surface area contributed by atoms with E-state index in [9.17, 15) is 4.79 Å². The lowest BCUT2D eigenvalue weighted by atomic mass is 10.1. The molecule has 2 N–H and O–H groups in total. The van der Waals surface area contributed by atoms with Crippen LogP contribution in [-0.4, -0.2) is 16.1 Å². The van der Waals surface area contributed by atoms with Crippen molar-refractivity contribution in [1.29, 1.82) is 0 Å². The van der Waals surface area contributed by atoms with E-state index in [0.717, 1.165) is 12.1 Å². The van der Waals surface area contributed by atoms with E-state index in [1.165, 1.54) is 30.7 Å². The highest BCUT2D eigenvalue weighted by molar-refractivity contribution is 6.33. The molecule has 0 aliphatic heterocycles. The first-order chi connectivity index (χ1) is 10.1. The van der Waals surface area contributed by atoms with Gasteiger partial charge >= 0.3 is 5.97 Å². The SMILES string of the molecule is CCCCc1ccc(Nc2cc(C(=O)O)c(Cl)cn2)cc1. The zero-order chi connectivity index (χ0) is 15.2. The van der Waals surface area contributed by atoms with Gasteiger partial charge < -0.3 is 10.4 Å². The summed E-state index contributed by atoms with van der Waals surface area (Å²) in [6.45, 7) is 2.17. The Morgan fingerprint density at radius 1 is 1.33 bits per heavy atom. The molecule has 0 aliphatic rings. The summed E-state index contributed by atoms with van der Waals surface area (Å²) < 4.78 is 0. The van der Waals surface area contributed by atoms with Crippen molar-refractivity contribution in [1.82, 2.24) is 4.98 Å². The van der Waals surface area contributed by atoms with E-state index in [2.05, 4.69) is 29.4 Å². The molecular formula is C16H17ClN2O2. The summed E-state index contributed by atoms with van der Waals surface area (Å²) in [7, 11) is 0. The van der Waals surface area contributed by atoms with Gasteiger partial charge in [0.1, 0.15) is 5.82 Å².